The number of amides is 1. The van der Waals surface area contributed by atoms with Crippen LogP contribution in [0, 0.1) is 27.7 Å². The zero-order valence-electron chi connectivity index (χ0n) is 17.0. The third-order valence-corrected chi connectivity index (χ3v) is 5.69. The molecular weight excluding hydrogens is 368 g/mol. The third kappa shape index (κ3) is 4.44. The molecule has 0 aliphatic heterocycles. The lowest BCUT2D eigenvalue weighted by atomic mass is 10.0. The maximum Gasteiger partial charge on any atom is 0.230 e. The van der Waals surface area contributed by atoms with Crippen molar-refractivity contribution in [2.75, 3.05) is 5.75 Å². The molecule has 0 aliphatic rings. The first-order valence-electron chi connectivity index (χ1n) is 9.34. The molecule has 3 aromatic rings. The van der Waals surface area contributed by atoms with Crippen molar-refractivity contribution in [1.29, 1.82) is 0 Å². The zero-order chi connectivity index (χ0) is 20.3. The van der Waals surface area contributed by atoms with Gasteiger partial charge in [0.15, 0.2) is 5.16 Å². The summed E-state index contributed by atoms with van der Waals surface area (Å²) >= 11 is 1.40. The summed E-state index contributed by atoms with van der Waals surface area (Å²) in [5.41, 5.74) is 5.68. The molecule has 146 valence electrons. The summed E-state index contributed by atoms with van der Waals surface area (Å²) in [6, 6.07) is 14.4. The fraction of sp³-hybridized carbons (Fsp3) is 0.318. The van der Waals surface area contributed by atoms with Gasteiger partial charge in [-0.15, -0.1) is 10.2 Å². The van der Waals surface area contributed by atoms with Gasteiger partial charge in [-0.25, -0.2) is 0 Å². The van der Waals surface area contributed by atoms with Crippen LogP contribution in [0.5, 0.6) is 0 Å². The first-order chi connectivity index (χ1) is 13.4. The van der Waals surface area contributed by atoms with E-state index >= 15 is 0 Å². The largest absolute Gasteiger partial charge is 0.349 e. The van der Waals surface area contributed by atoms with Crippen LogP contribution in [0.1, 0.15) is 41.0 Å². The van der Waals surface area contributed by atoms with Gasteiger partial charge >= 0.3 is 0 Å². The number of benzene rings is 2. The Morgan fingerprint density at radius 3 is 2.57 bits per heavy atom. The molecule has 0 bridgehead atoms. The lowest BCUT2D eigenvalue weighted by Crippen LogP contribution is -2.28. The molecule has 5 nitrogen and oxygen atoms in total. The number of hydrogen-bond donors (Lipinski definition) is 1. The number of thioether (sulfide) groups is 1. The number of aromatic nitrogens is 3. The second-order valence-electron chi connectivity index (χ2n) is 7.09. The minimum atomic E-state index is -0.0343. The summed E-state index contributed by atoms with van der Waals surface area (Å²) in [6.45, 7) is 10.1. The molecule has 28 heavy (non-hydrogen) atoms. The van der Waals surface area contributed by atoms with Gasteiger partial charge in [0.25, 0.3) is 0 Å². The number of rotatable bonds is 6. The van der Waals surface area contributed by atoms with Crippen molar-refractivity contribution >= 4 is 17.7 Å². The van der Waals surface area contributed by atoms with Crippen LogP contribution in [-0.4, -0.2) is 26.4 Å². The van der Waals surface area contributed by atoms with E-state index in [-0.39, 0.29) is 11.9 Å². The molecule has 0 saturated heterocycles. The summed E-state index contributed by atoms with van der Waals surface area (Å²) in [5, 5.41) is 12.3. The number of aryl methyl sites for hydroxylation is 4. The minimum absolute atomic E-state index is 0.0195. The molecule has 1 unspecified atom stereocenters. The normalized spacial score (nSPS) is 12.0. The molecule has 1 aromatic heterocycles. The van der Waals surface area contributed by atoms with Gasteiger partial charge in [-0.05, 0) is 62.9 Å². The molecule has 0 fully saturated rings. The standard InChI is InChI=1S/C22H26N4OS/c1-14-10-11-16(3)20(12-14)26-18(5)24-25-22(26)28-13-21(27)23-17(4)19-9-7-6-8-15(19)2/h6-12,17H,13H2,1-5H3,(H,23,27). The van der Waals surface area contributed by atoms with E-state index in [4.69, 9.17) is 0 Å². The molecule has 1 amide bonds. The van der Waals surface area contributed by atoms with Crippen molar-refractivity contribution in [3.8, 4) is 5.69 Å². The average Bonchev–Trinajstić information content (AvgIpc) is 3.02. The Bertz CT molecular complexity index is 996. The van der Waals surface area contributed by atoms with Gasteiger partial charge in [0.2, 0.25) is 5.91 Å². The van der Waals surface area contributed by atoms with Crippen molar-refractivity contribution in [3.63, 3.8) is 0 Å². The molecule has 0 radical (unpaired) electrons. The van der Waals surface area contributed by atoms with Gasteiger partial charge in [0.1, 0.15) is 5.82 Å². The van der Waals surface area contributed by atoms with Crippen molar-refractivity contribution in [2.24, 2.45) is 0 Å². The Balaban J connectivity index is 1.71. The van der Waals surface area contributed by atoms with Gasteiger partial charge in [-0.1, -0.05) is 48.2 Å². The fourth-order valence-corrected chi connectivity index (χ4v) is 4.04. The van der Waals surface area contributed by atoms with Crippen LogP contribution in [0.4, 0.5) is 0 Å². The van der Waals surface area contributed by atoms with E-state index < -0.39 is 0 Å². The van der Waals surface area contributed by atoms with Crippen molar-refractivity contribution < 1.29 is 4.79 Å². The first-order valence-corrected chi connectivity index (χ1v) is 10.3. The van der Waals surface area contributed by atoms with E-state index in [2.05, 4.69) is 60.6 Å². The summed E-state index contributed by atoms with van der Waals surface area (Å²) in [6.07, 6.45) is 0. The van der Waals surface area contributed by atoms with Crippen LogP contribution < -0.4 is 5.32 Å². The summed E-state index contributed by atoms with van der Waals surface area (Å²) in [5.74, 6) is 1.08. The quantitative estimate of drug-likeness (QED) is 0.627. The molecule has 1 heterocycles. The highest BCUT2D eigenvalue weighted by Crippen LogP contribution is 2.25. The van der Waals surface area contributed by atoms with Crippen molar-refractivity contribution in [3.05, 3.63) is 70.5 Å². The first kappa shape index (κ1) is 20.1. The zero-order valence-corrected chi connectivity index (χ0v) is 17.8. The van der Waals surface area contributed by atoms with Gasteiger partial charge in [-0.2, -0.15) is 0 Å². The Labute approximate surface area is 170 Å². The smallest absolute Gasteiger partial charge is 0.230 e. The second kappa shape index (κ2) is 8.61. The fourth-order valence-electron chi connectivity index (χ4n) is 3.24. The second-order valence-corrected chi connectivity index (χ2v) is 8.03. The molecule has 0 aliphatic carbocycles. The van der Waals surface area contributed by atoms with Gasteiger partial charge < -0.3 is 5.32 Å². The van der Waals surface area contributed by atoms with Crippen LogP contribution in [0.2, 0.25) is 0 Å². The maximum absolute atomic E-state index is 12.5. The molecule has 0 saturated carbocycles. The summed E-state index contributed by atoms with van der Waals surface area (Å²) < 4.78 is 2.02. The van der Waals surface area contributed by atoms with Gasteiger partial charge in [-0.3, -0.25) is 9.36 Å². The Hall–Kier alpha value is -2.60. The highest BCUT2D eigenvalue weighted by Gasteiger charge is 2.16. The van der Waals surface area contributed by atoms with Crippen molar-refractivity contribution in [1.82, 2.24) is 20.1 Å². The van der Waals surface area contributed by atoms with E-state index in [9.17, 15) is 4.79 Å². The van der Waals surface area contributed by atoms with E-state index in [1.807, 2.05) is 36.6 Å². The molecule has 1 N–H and O–H groups in total. The molecule has 2 aromatic carbocycles. The number of hydrogen-bond acceptors (Lipinski definition) is 4. The maximum atomic E-state index is 12.5. The average molecular weight is 395 g/mol. The highest BCUT2D eigenvalue weighted by atomic mass is 32.2. The molecule has 1 atom stereocenters. The van der Waals surface area contributed by atoms with E-state index in [0.29, 0.717) is 5.75 Å². The molecular formula is C22H26N4OS. The van der Waals surface area contributed by atoms with Crippen LogP contribution in [0.25, 0.3) is 5.69 Å². The Morgan fingerprint density at radius 1 is 1.07 bits per heavy atom. The Kier molecular flexibility index (Phi) is 6.19. The topological polar surface area (TPSA) is 59.8 Å². The molecule has 6 heteroatoms. The summed E-state index contributed by atoms with van der Waals surface area (Å²) in [4.78, 5) is 12.5. The number of nitrogens with zero attached hydrogens (tertiary/aromatic N) is 3. The van der Waals surface area contributed by atoms with E-state index in [1.54, 1.807) is 0 Å². The third-order valence-electron chi connectivity index (χ3n) is 4.77. The lowest BCUT2D eigenvalue weighted by molar-refractivity contribution is -0.119. The summed E-state index contributed by atoms with van der Waals surface area (Å²) in [7, 11) is 0. The molecule has 3 rings (SSSR count). The lowest BCUT2D eigenvalue weighted by Gasteiger charge is -2.16. The highest BCUT2D eigenvalue weighted by molar-refractivity contribution is 7.99. The predicted molar refractivity (Wildman–Crippen MR) is 114 cm³/mol. The van der Waals surface area contributed by atoms with Crippen LogP contribution in [0.15, 0.2) is 47.6 Å². The monoisotopic (exact) mass is 394 g/mol. The van der Waals surface area contributed by atoms with E-state index in [1.165, 1.54) is 22.9 Å². The Morgan fingerprint density at radius 2 is 1.82 bits per heavy atom. The van der Waals surface area contributed by atoms with Crippen LogP contribution in [-0.2, 0) is 4.79 Å². The SMILES string of the molecule is Cc1ccc(C)c(-n2c(C)nnc2SCC(=O)NC(C)c2ccccc2C)c1. The number of carbonyl (C=O) groups excluding carboxylic acids is 1. The van der Waals surface area contributed by atoms with Crippen LogP contribution >= 0.6 is 11.8 Å². The number of carbonyl (C=O) groups is 1. The predicted octanol–water partition coefficient (Wildman–Crippen LogP) is 4.47. The number of nitrogens with one attached hydrogen (secondary N) is 1. The van der Waals surface area contributed by atoms with E-state index in [0.717, 1.165) is 27.8 Å². The van der Waals surface area contributed by atoms with Crippen LogP contribution in [0.3, 0.4) is 0 Å². The van der Waals surface area contributed by atoms with Crippen molar-refractivity contribution in [2.45, 2.75) is 45.8 Å². The minimum Gasteiger partial charge on any atom is -0.349 e. The van der Waals surface area contributed by atoms with Gasteiger partial charge in [0.05, 0.1) is 17.5 Å². The molecule has 0 spiro atoms. The van der Waals surface area contributed by atoms with Gasteiger partial charge in [0, 0.05) is 0 Å².